The Labute approximate surface area is 152 Å². The Morgan fingerprint density at radius 1 is 0.923 bits per heavy atom. The molecule has 2 N–H and O–H groups in total. The molecule has 0 amide bonds. The van der Waals surface area contributed by atoms with Crippen molar-refractivity contribution < 1.29 is 4.79 Å². The molecule has 0 aliphatic rings. The van der Waals surface area contributed by atoms with E-state index in [0.717, 1.165) is 27.7 Å². The summed E-state index contributed by atoms with van der Waals surface area (Å²) in [5.74, 6) is 0.0511. The molecule has 4 rings (SSSR count). The molecule has 0 radical (unpaired) electrons. The molecule has 0 aliphatic heterocycles. The van der Waals surface area contributed by atoms with Crippen molar-refractivity contribution in [2.45, 2.75) is 13.0 Å². The largest absolute Gasteiger partial charge is 0.371 e. The number of para-hydroxylation sites is 1. The minimum atomic E-state index is -0.447. The molecular formula is C23H20N2O. The zero-order valence-electron chi connectivity index (χ0n) is 14.6. The van der Waals surface area contributed by atoms with E-state index in [1.807, 2.05) is 79.7 Å². The summed E-state index contributed by atoms with van der Waals surface area (Å²) in [6, 6.07) is 25.4. The highest BCUT2D eigenvalue weighted by atomic mass is 16.1. The Morgan fingerprint density at radius 3 is 2.50 bits per heavy atom. The molecule has 0 spiro atoms. The molecule has 1 heterocycles. The lowest BCUT2D eigenvalue weighted by atomic mass is 9.96. The van der Waals surface area contributed by atoms with Gasteiger partial charge in [0.1, 0.15) is 6.04 Å². The van der Waals surface area contributed by atoms with Gasteiger partial charge >= 0.3 is 0 Å². The predicted molar refractivity (Wildman–Crippen MR) is 107 cm³/mol. The van der Waals surface area contributed by atoms with Gasteiger partial charge in [0.15, 0.2) is 5.78 Å². The van der Waals surface area contributed by atoms with Gasteiger partial charge in [-0.1, -0.05) is 60.7 Å². The number of aryl methyl sites for hydroxylation is 1. The summed E-state index contributed by atoms with van der Waals surface area (Å²) in [4.78, 5) is 16.6. The van der Waals surface area contributed by atoms with Crippen molar-refractivity contribution in [3.63, 3.8) is 0 Å². The second kappa shape index (κ2) is 6.89. The summed E-state index contributed by atoms with van der Waals surface area (Å²) >= 11 is 0. The van der Waals surface area contributed by atoms with E-state index in [9.17, 15) is 4.79 Å². The summed E-state index contributed by atoms with van der Waals surface area (Å²) in [6.45, 7) is 2.05. The Kier molecular flexibility index (Phi) is 4.28. The van der Waals surface area contributed by atoms with Crippen LogP contribution in [0, 0.1) is 6.92 Å². The molecule has 0 fully saturated rings. The van der Waals surface area contributed by atoms with Crippen molar-refractivity contribution in [3.8, 4) is 0 Å². The molecule has 128 valence electrons. The first-order valence-electron chi connectivity index (χ1n) is 8.71. The van der Waals surface area contributed by atoms with Crippen LogP contribution in [0.3, 0.4) is 0 Å². The fraction of sp³-hybridized carbons (Fsp3) is 0.0870. The lowest BCUT2D eigenvalue weighted by Gasteiger charge is -2.19. The van der Waals surface area contributed by atoms with E-state index >= 15 is 0 Å². The summed E-state index contributed by atoms with van der Waals surface area (Å²) in [5, 5.41) is 4.37. The van der Waals surface area contributed by atoms with Crippen LogP contribution in [0.15, 0.2) is 85.1 Å². The summed E-state index contributed by atoms with van der Waals surface area (Å²) in [7, 11) is 0. The number of carbonyl (C=O) groups is 1. The monoisotopic (exact) mass is 340 g/mol. The first kappa shape index (κ1) is 16.2. The van der Waals surface area contributed by atoms with Crippen LogP contribution in [-0.4, -0.2) is 10.8 Å². The molecule has 0 saturated carbocycles. The zero-order valence-corrected chi connectivity index (χ0v) is 14.6. The Bertz CT molecular complexity index is 1050. The average Bonchev–Trinajstić information content (AvgIpc) is 3.10. The van der Waals surface area contributed by atoms with Crippen molar-refractivity contribution >= 4 is 22.4 Å². The number of anilines is 1. The minimum Gasteiger partial charge on any atom is -0.371 e. The fourth-order valence-corrected chi connectivity index (χ4v) is 3.28. The molecule has 0 aliphatic carbocycles. The van der Waals surface area contributed by atoms with Crippen LogP contribution in [0.1, 0.15) is 27.5 Å². The number of carbonyl (C=O) groups excluding carboxylic acids is 1. The van der Waals surface area contributed by atoms with Gasteiger partial charge in [0.05, 0.1) is 0 Å². The maximum atomic E-state index is 13.4. The molecule has 4 aromatic rings. The zero-order chi connectivity index (χ0) is 17.9. The Balaban J connectivity index is 1.76. The lowest BCUT2D eigenvalue weighted by Crippen LogP contribution is -2.21. The van der Waals surface area contributed by atoms with Gasteiger partial charge in [0.25, 0.3) is 0 Å². The van der Waals surface area contributed by atoms with Gasteiger partial charge in [-0.2, -0.15) is 0 Å². The van der Waals surface area contributed by atoms with Gasteiger partial charge in [-0.25, -0.2) is 0 Å². The molecule has 26 heavy (non-hydrogen) atoms. The third-order valence-electron chi connectivity index (χ3n) is 4.58. The molecule has 3 nitrogen and oxygen atoms in total. The Morgan fingerprint density at radius 2 is 1.69 bits per heavy atom. The number of hydrogen-bond donors (Lipinski definition) is 2. The van der Waals surface area contributed by atoms with Crippen LogP contribution in [0.5, 0.6) is 0 Å². The highest BCUT2D eigenvalue weighted by Crippen LogP contribution is 2.27. The number of rotatable bonds is 5. The van der Waals surface area contributed by atoms with E-state index in [4.69, 9.17) is 0 Å². The quantitative estimate of drug-likeness (QED) is 0.470. The summed E-state index contributed by atoms with van der Waals surface area (Å²) < 4.78 is 0. The normalized spacial score (nSPS) is 12.0. The maximum Gasteiger partial charge on any atom is 0.191 e. The van der Waals surface area contributed by atoms with Crippen LogP contribution >= 0.6 is 0 Å². The molecule has 1 unspecified atom stereocenters. The van der Waals surface area contributed by atoms with E-state index in [2.05, 4.69) is 16.4 Å². The van der Waals surface area contributed by atoms with Gasteiger partial charge in [-0.05, 0) is 36.2 Å². The van der Waals surface area contributed by atoms with Crippen LogP contribution in [-0.2, 0) is 0 Å². The van der Waals surface area contributed by atoms with Crippen LogP contribution in [0.25, 0.3) is 10.9 Å². The number of ketones is 1. The first-order chi connectivity index (χ1) is 12.7. The van der Waals surface area contributed by atoms with E-state index in [-0.39, 0.29) is 5.78 Å². The van der Waals surface area contributed by atoms with Gasteiger partial charge < -0.3 is 10.3 Å². The second-order valence-electron chi connectivity index (χ2n) is 6.47. The van der Waals surface area contributed by atoms with E-state index in [0.29, 0.717) is 5.56 Å². The summed E-state index contributed by atoms with van der Waals surface area (Å²) in [6.07, 6.45) is 1.81. The molecule has 0 saturated heterocycles. The van der Waals surface area contributed by atoms with Crippen molar-refractivity contribution in [2.75, 3.05) is 5.32 Å². The molecule has 3 heteroatoms. The number of hydrogen-bond acceptors (Lipinski definition) is 2. The van der Waals surface area contributed by atoms with Crippen molar-refractivity contribution in [3.05, 3.63) is 102 Å². The summed E-state index contributed by atoms with van der Waals surface area (Å²) in [5.41, 5.74) is 4.71. The van der Waals surface area contributed by atoms with Gasteiger partial charge in [0.2, 0.25) is 0 Å². The third-order valence-corrected chi connectivity index (χ3v) is 4.58. The van der Waals surface area contributed by atoms with Crippen LogP contribution < -0.4 is 5.32 Å². The highest BCUT2D eigenvalue weighted by Gasteiger charge is 2.24. The van der Waals surface area contributed by atoms with E-state index < -0.39 is 6.04 Å². The maximum absolute atomic E-state index is 13.4. The van der Waals surface area contributed by atoms with Crippen molar-refractivity contribution in [2.24, 2.45) is 0 Å². The SMILES string of the molecule is Cc1cccc(NC(C(=O)c2c[nH]c3ccccc23)c2ccccc2)c1. The van der Waals surface area contributed by atoms with Crippen molar-refractivity contribution in [1.82, 2.24) is 4.98 Å². The van der Waals surface area contributed by atoms with Crippen LogP contribution in [0.4, 0.5) is 5.69 Å². The van der Waals surface area contributed by atoms with Crippen molar-refractivity contribution in [1.29, 1.82) is 0 Å². The van der Waals surface area contributed by atoms with Gasteiger partial charge in [0, 0.05) is 28.4 Å². The standard InChI is InChI=1S/C23H20N2O/c1-16-8-7-11-18(14-16)25-22(17-9-3-2-4-10-17)23(26)20-15-24-21-13-6-5-12-19(20)21/h2-15,22,24-25H,1H3. The topological polar surface area (TPSA) is 44.9 Å². The molecular weight excluding hydrogens is 320 g/mol. The number of benzene rings is 3. The first-order valence-corrected chi connectivity index (χ1v) is 8.71. The molecule has 0 bridgehead atoms. The van der Waals surface area contributed by atoms with Crippen LogP contribution in [0.2, 0.25) is 0 Å². The van der Waals surface area contributed by atoms with Gasteiger partial charge in [-0.15, -0.1) is 0 Å². The second-order valence-corrected chi connectivity index (χ2v) is 6.47. The minimum absolute atomic E-state index is 0.0511. The number of fused-ring (bicyclic) bond motifs is 1. The molecule has 1 aromatic heterocycles. The lowest BCUT2D eigenvalue weighted by molar-refractivity contribution is 0.0971. The third kappa shape index (κ3) is 3.11. The fourth-order valence-electron chi connectivity index (χ4n) is 3.28. The number of Topliss-reactive ketones (excluding diaryl/α,β-unsaturated/α-hetero) is 1. The molecule has 1 atom stereocenters. The number of nitrogens with one attached hydrogen (secondary N) is 2. The van der Waals surface area contributed by atoms with Gasteiger partial charge in [-0.3, -0.25) is 4.79 Å². The predicted octanol–water partition coefficient (Wildman–Crippen LogP) is 5.51. The number of H-pyrrole nitrogens is 1. The molecule has 3 aromatic carbocycles. The average molecular weight is 340 g/mol. The smallest absolute Gasteiger partial charge is 0.191 e. The van der Waals surface area contributed by atoms with E-state index in [1.165, 1.54) is 0 Å². The number of aromatic amines is 1. The Hall–Kier alpha value is -3.33. The number of aromatic nitrogens is 1. The van der Waals surface area contributed by atoms with E-state index in [1.54, 1.807) is 6.20 Å². The highest BCUT2D eigenvalue weighted by molar-refractivity contribution is 6.11.